The van der Waals surface area contributed by atoms with Gasteiger partial charge in [-0.05, 0) is 59.0 Å². The number of nitrogens with zero attached hydrogens (tertiary/aromatic N) is 3. The summed E-state index contributed by atoms with van der Waals surface area (Å²) in [5.41, 5.74) is 0. The maximum Gasteiger partial charge on any atom is 0.0107 e. The Bertz CT molecular complexity index is 223. The third-order valence-corrected chi connectivity index (χ3v) is 4.58. The van der Waals surface area contributed by atoms with E-state index < -0.39 is 0 Å². The normalized spacial score (nSPS) is 18.3. The van der Waals surface area contributed by atoms with Crippen molar-refractivity contribution < 1.29 is 0 Å². The molecule has 1 aliphatic heterocycles. The van der Waals surface area contributed by atoms with Gasteiger partial charge >= 0.3 is 0 Å². The lowest BCUT2D eigenvalue weighted by Gasteiger charge is -2.31. The van der Waals surface area contributed by atoms with Crippen LogP contribution in [-0.2, 0) is 0 Å². The number of likely N-dealkylation sites (tertiary alicyclic amines) is 1. The zero-order valence-electron chi connectivity index (χ0n) is 14.2. The topological polar surface area (TPSA) is 21.8 Å². The van der Waals surface area contributed by atoms with Crippen molar-refractivity contribution in [1.82, 2.24) is 20.0 Å². The fraction of sp³-hybridized carbons (Fsp3) is 1.00. The maximum absolute atomic E-state index is 3.57. The molecule has 0 bridgehead atoms. The summed E-state index contributed by atoms with van der Waals surface area (Å²) < 4.78 is 0. The van der Waals surface area contributed by atoms with Gasteiger partial charge in [-0.3, -0.25) is 0 Å². The van der Waals surface area contributed by atoms with Crippen molar-refractivity contribution in [1.29, 1.82) is 0 Å². The van der Waals surface area contributed by atoms with Crippen LogP contribution < -0.4 is 5.32 Å². The largest absolute Gasteiger partial charge is 0.314 e. The summed E-state index contributed by atoms with van der Waals surface area (Å²) in [5.74, 6) is 0.909. The van der Waals surface area contributed by atoms with E-state index in [2.05, 4.69) is 48.0 Å². The Morgan fingerprint density at radius 1 is 1.05 bits per heavy atom. The second kappa shape index (κ2) is 10.6. The lowest BCUT2D eigenvalue weighted by molar-refractivity contribution is 0.176. The Balaban J connectivity index is 1.98. The highest BCUT2D eigenvalue weighted by atomic mass is 15.1. The molecule has 0 unspecified atom stereocenters. The molecule has 1 saturated heterocycles. The minimum atomic E-state index is 0.909. The first-order chi connectivity index (χ1) is 9.65. The highest BCUT2D eigenvalue weighted by Gasteiger charge is 2.17. The molecular formula is C16H36N4. The number of hydrogen-bond donors (Lipinski definition) is 1. The quantitative estimate of drug-likeness (QED) is 0.608. The van der Waals surface area contributed by atoms with Crippen molar-refractivity contribution in [3.63, 3.8) is 0 Å². The molecule has 120 valence electrons. The van der Waals surface area contributed by atoms with Crippen LogP contribution in [0.15, 0.2) is 0 Å². The van der Waals surface area contributed by atoms with Crippen molar-refractivity contribution in [3.8, 4) is 0 Å². The van der Waals surface area contributed by atoms with E-state index in [1.54, 1.807) is 0 Å². The van der Waals surface area contributed by atoms with Gasteiger partial charge in [0, 0.05) is 32.7 Å². The van der Waals surface area contributed by atoms with E-state index in [9.17, 15) is 0 Å². The van der Waals surface area contributed by atoms with Gasteiger partial charge in [0.05, 0.1) is 0 Å². The fourth-order valence-electron chi connectivity index (χ4n) is 2.95. The third-order valence-electron chi connectivity index (χ3n) is 4.58. The van der Waals surface area contributed by atoms with E-state index in [0.717, 1.165) is 32.1 Å². The molecule has 0 aromatic heterocycles. The van der Waals surface area contributed by atoms with Crippen LogP contribution in [0.5, 0.6) is 0 Å². The standard InChI is InChI=1S/C16H36N4/c1-5-20(6-2)14-10-17-9-13-19(4)15-16-7-11-18(3)12-8-16/h16-17H,5-15H2,1-4H3. The molecule has 0 aromatic rings. The Morgan fingerprint density at radius 2 is 1.65 bits per heavy atom. The van der Waals surface area contributed by atoms with Gasteiger partial charge in [-0.15, -0.1) is 0 Å². The molecule has 0 aromatic carbocycles. The monoisotopic (exact) mass is 284 g/mol. The molecule has 1 aliphatic rings. The molecule has 1 N–H and O–H groups in total. The number of likely N-dealkylation sites (N-methyl/N-ethyl adjacent to an activating group) is 2. The van der Waals surface area contributed by atoms with Crippen LogP contribution >= 0.6 is 0 Å². The Hall–Kier alpha value is -0.160. The van der Waals surface area contributed by atoms with Gasteiger partial charge in [0.2, 0.25) is 0 Å². The molecule has 0 amide bonds. The van der Waals surface area contributed by atoms with Crippen LogP contribution in [0.25, 0.3) is 0 Å². The molecule has 1 rings (SSSR count). The molecule has 0 saturated carbocycles. The summed E-state index contributed by atoms with van der Waals surface area (Å²) in [7, 11) is 4.50. The lowest BCUT2D eigenvalue weighted by atomic mass is 9.97. The summed E-state index contributed by atoms with van der Waals surface area (Å²) >= 11 is 0. The summed E-state index contributed by atoms with van der Waals surface area (Å²) in [6.07, 6.45) is 2.74. The van der Waals surface area contributed by atoms with Crippen LogP contribution in [0.2, 0.25) is 0 Å². The number of nitrogens with one attached hydrogen (secondary N) is 1. The second-order valence-corrected chi connectivity index (χ2v) is 6.29. The van der Waals surface area contributed by atoms with Gasteiger partial charge in [-0.1, -0.05) is 13.8 Å². The highest BCUT2D eigenvalue weighted by Crippen LogP contribution is 2.16. The van der Waals surface area contributed by atoms with E-state index in [0.29, 0.717) is 0 Å². The molecular weight excluding hydrogens is 248 g/mol. The summed E-state index contributed by atoms with van der Waals surface area (Å²) in [5, 5.41) is 3.57. The SMILES string of the molecule is CCN(CC)CCNCCN(C)CC1CCN(C)CC1. The van der Waals surface area contributed by atoms with Crippen LogP contribution in [0.4, 0.5) is 0 Å². The van der Waals surface area contributed by atoms with Crippen molar-refractivity contribution in [2.24, 2.45) is 5.92 Å². The fourth-order valence-corrected chi connectivity index (χ4v) is 2.95. The Kier molecular flexibility index (Phi) is 9.44. The first-order valence-electron chi connectivity index (χ1n) is 8.45. The van der Waals surface area contributed by atoms with Gasteiger partial charge < -0.3 is 20.0 Å². The van der Waals surface area contributed by atoms with E-state index in [4.69, 9.17) is 0 Å². The van der Waals surface area contributed by atoms with Crippen molar-refractivity contribution in [3.05, 3.63) is 0 Å². The smallest absolute Gasteiger partial charge is 0.0107 e. The number of rotatable bonds is 10. The van der Waals surface area contributed by atoms with E-state index in [1.807, 2.05) is 0 Å². The zero-order chi connectivity index (χ0) is 14.8. The van der Waals surface area contributed by atoms with Crippen LogP contribution in [0.1, 0.15) is 26.7 Å². The maximum atomic E-state index is 3.57. The van der Waals surface area contributed by atoms with Gasteiger partial charge in [-0.2, -0.15) is 0 Å². The first kappa shape index (κ1) is 17.9. The molecule has 0 spiro atoms. The minimum Gasteiger partial charge on any atom is -0.314 e. The lowest BCUT2D eigenvalue weighted by Crippen LogP contribution is -2.39. The van der Waals surface area contributed by atoms with Crippen molar-refractivity contribution >= 4 is 0 Å². The van der Waals surface area contributed by atoms with E-state index >= 15 is 0 Å². The molecule has 0 radical (unpaired) electrons. The van der Waals surface area contributed by atoms with Crippen molar-refractivity contribution in [2.45, 2.75) is 26.7 Å². The third kappa shape index (κ3) is 7.58. The number of hydrogen-bond acceptors (Lipinski definition) is 4. The predicted molar refractivity (Wildman–Crippen MR) is 88.4 cm³/mol. The number of piperidine rings is 1. The highest BCUT2D eigenvalue weighted by molar-refractivity contribution is 4.72. The van der Waals surface area contributed by atoms with Crippen molar-refractivity contribution in [2.75, 3.05) is 73.0 Å². The predicted octanol–water partition coefficient (Wildman–Crippen LogP) is 1.19. The average Bonchev–Trinajstić information content (AvgIpc) is 2.45. The Morgan fingerprint density at radius 3 is 2.25 bits per heavy atom. The summed E-state index contributed by atoms with van der Waals surface area (Å²) in [6.45, 7) is 15.2. The van der Waals surface area contributed by atoms with Gasteiger partial charge in [-0.25, -0.2) is 0 Å². The molecule has 20 heavy (non-hydrogen) atoms. The average molecular weight is 284 g/mol. The molecule has 4 heteroatoms. The van der Waals surface area contributed by atoms with E-state index in [-0.39, 0.29) is 0 Å². The van der Waals surface area contributed by atoms with Gasteiger partial charge in [0.1, 0.15) is 0 Å². The van der Waals surface area contributed by atoms with Crippen LogP contribution in [0, 0.1) is 5.92 Å². The molecule has 0 aliphatic carbocycles. The molecule has 1 fully saturated rings. The summed E-state index contributed by atoms with van der Waals surface area (Å²) in [6, 6.07) is 0. The van der Waals surface area contributed by atoms with Crippen LogP contribution in [-0.4, -0.2) is 87.7 Å². The second-order valence-electron chi connectivity index (χ2n) is 6.29. The molecule has 4 nitrogen and oxygen atoms in total. The minimum absolute atomic E-state index is 0.909. The molecule has 1 heterocycles. The zero-order valence-corrected chi connectivity index (χ0v) is 14.2. The van der Waals surface area contributed by atoms with Gasteiger partial charge in [0.15, 0.2) is 0 Å². The van der Waals surface area contributed by atoms with Crippen LogP contribution in [0.3, 0.4) is 0 Å². The first-order valence-corrected chi connectivity index (χ1v) is 8.45. The summed E-state index contributed by atoms with van der Waals surface area (Å²) in [4.78, 5) is 7.42. The van der Waals surface area contributed by atoms with Gasteiger partial charge in [0.25, 0.3) is 0 Å². The molecule has 0 atom stereocenters. The van der Waals surface area contributed by atoms with E-state index in [1.165, 1.54) is 45.6 Å². The Labute approximate surface area is 126 Å².